The van der Waals surface area contributed by atoms with E-state index in [1.807, 2.05) is 54.6 Å². The van der Waals surface area contributed by atoms with E-state index in [-0.39, 0.29) is 30.3 Å². The van der Waals surface area contributed by atoms with Gasteiger partial charge in [-0.1, -0.05) is 37.3 Å². The quantitative estimate of drug-likeness (QED) is 0.566. The lowest BCUT2D eigenvalue weighted by Crippen LogP contribution is -2.35. The van der Waals surface area contributed by atoms with Crippen LogP contribution in [0.4, 0.5) is 5.69 Å². The lowest BCUT2D eigenvalue weighted by molar-refractivity contribution is -0.139. The second kappa shape index (κ2) is 8.06. The molecule has 1 saturated heterocycles. The van der Waals surface area contributed by atoms with Gasteiger partial charge in [0.25, 0.3) is 0 Å². The van der Waals surface area contributed by atoms with E-state index in [0.717, 1.165) is 41.8 Å². The summed E-state index contributed by atoms with van der Waals surface area (Å²) in [6, 6.07) is 21.8. The molecule has 1 saturated carbocycles. The fourth-order valence-electron chi connectivity index (χ4n) is 4.79. The maximum absolute atomic E-state index is 12.7. The summed E-state index contributed by atoms with van der Waals surface area (Å²) in [5.41, 5.74) is 0.842. The maximum atomic E-state index is 12.7. The molecule has 5 rings (SSSR count). The van der Waals surface area contributed by atoms with Gasteiger partial charge in [0.2, 0.25) is 11.8 Å². The van der Waals surface area contributed by atoms with E-state index in [1.165, 1.54) is 10.3 Å². The number of hydrogen-bond acceptors (Lipinski definition) is 4. The summed E-state index contributed by atoms with van der Waals surface area (Å²) < 4.78 is 5.98. The van der Waals surface area contributed by atoms with Crippen molar-refractivity contribution >= 4 is 28.3 Å². The number of fused-ring (bicyclic) bond motifs is 2. The van der Waals surface area contributed by atoms with Crippen molar-refractivity contribution in [1.29, 1.82) is 0 Å². The third-order valence-corrected chi connectivity index (χ3v) is 6.53. The Kier molecular flexibility index (Phi) is 5.10. The van der Waals surface area contributed by atoms with Crippen molar-refractivity contribution < 1.29 is 14.3 Å². The number of rotatable bonds is 5. The number of likely N-dealkylation sites (tertiary alicyclic amines) is 1. The first-order chi connectivity index (χ1) is 15.1. The highest BCUT2D eigenvalue weighted by atomic mass is 16.5. The molecule has 1 N–H and O–H groups in total. The Bertz CT molecular complexity index is 1120. The molecule has 0 aromatic heterocycles. The van der Waals surface area contributed by atoms with Gasteiger partial charge in [-0.25, -0.2) is 0 Å². The van der Waals surface area contributed by atoms with Crippen LogP contribution in [-0.4, -0.2) is 23.4 Å². The van der Waals surface area contributed by atoms with Crippen molar-refractivity contribution in [2.24, 2.45) is 17.8 Å². The number of carbonyl (C=O) groups is 2. The summed E-state index contributed by atoms with van der Waals surface area (Å²) in [5.74, 6) is 1.73. The van der Waals surface area contributed by atoms with Crippen LogP contribution in [0.15, 0.2) is 66.7 Å². The number of carbonyl (C=O) groups excluding carboxylic acids is 2. The van der Waals surface area contributed by atoms with Crippen molar-refractivity contribution in [1.82, 2.24) is 4.90 Å². The second-order valence-corrected chi connectivity index (χ2v) is 8.71. The Morgan fingerprint density at radius 3 is 2.39 bits per heavy atom. The summed E-state index contributed by atoms with van der Waals surface area (Å²) in [4.78, 5) is 26.8. The number of ether oxygens (including phenoxy) is 1. The van der Waals surface area contributed by atoms with E-state index in [0.29, 0.717) is 5.92 Å². The zero-order chi connectivity index (χ0) is 21.4. The molecule has 3 aromatic rings. The fourth-order valence-corrected chi connectivity index (χ4v) is 4.79. The second-order valence-electron chi connectivity index (χ2n) is 8.71. The topological polar surface area (TPSA) is 58.6 Å². The molecule has 0 unspecified atom stereocenters. The average molecular weight is 415 g/mol. The van der Waals surface area contributed by atoms with E-state index < -0.39 is 0 Å². The van der Waals surface area contributed by atoms with Crippen LogP contribution in [0, 0.1) is 17.8 Å². The standard InChI is InChI=1S/C26H26N2O3/c1-17-6-13-23-24(14-17)26(30)28(25(23)29)16-27-20-8-11-21(12-9-20)31-22-10-7-18-4-2-3-5-19(18)15-22/h2-5,7-12,15,17,23-24,27H,6,13-14,16H2,1H3/t17-,23+,24+/m1/s1. The van der Waals surface area contributed by atoms with Crippen molar-refractivity contribution in [2.75, 3.05) is 12.0 Å². The lowest BCUT2D eigenvalue weighted by Gasteiger charge is -2.25. The van der Waals surface area contributed by atoms with Gasteiger partial charge >= 0.3 is 0 Å². The zero-order valence-corrected chi connectivity index (χ0v) is 17.6. The van der Waals surface area contributed by atoms with Crippen LogP contribution in [0.5, 0.6) is 11.5 Å². The van der Waals surface area contributed by atoms with Crippen LogP contribution in [0.25, 0.3) is 10.8 Å². The van der Waals surface area contributed by atoms with Crippen LogP contribution in [-0.2, 0) is 9.59 Å². The third kappa shape index (κ3) is 3.88. The van der Waals surface area contributed by atoms with Crippen LogP contribution in [0.1, 0.15) is 26.2 Å². The highest BCUT2D eigenvalue weighted by Crippen LogP contribution is 2.40. The SMILES string of the molecule is C[C@@H]1CC[C@@H]2C(=O)N(CNc3ccc(Oc4ccc5ccccc5c4)cc3)C(=O)[C@H]2C1. The molecule has 3 aromatic carbocycles. The van der Waals surface area contributed by atoms with E-state index in [2.05, 4.69) is 24.4 Å². The molecular formula is C26H26N2O3. The summed E-state index contributed by atoms with van der Waals surface area (Å²) in [7, 11) is 0. The summed E-state index contributed by atoms with van der Waals surface area (Å²) in [5, 5.41) is 5.52. The number of benzene rings is 3. The number of nitrogens with zero attached hydrogens (tertiary/aromatic N) is 1. The van der Waals surface area contributed by atoms with Crippen LogP contribution in [0.3, 0.4) is 0 Å². The minimum atomic E-state index is -0.129. The van der Waals surface area contributed by atoms with E-state index in [4.69, 9.17) is 4.74 Å². The molecule has 0 radical (unpaired) electrons. The van der Waals surface area contributed by atoms with E-state index in [9.17, 15) is 9.59 Å². The van der Waals surface area contributed by atoms with Gasteiger partial charge in [-0.15, -0.1) is 0 Å². The maximum Gasteiger partial charge on any atom is 0.234 e. The Balaban J connectivity index is 1.21. The number of amides is 2. The van der Waals surface area contributed by atoms with Crippen LogP contribution >= 0.6 is 0 Å². The van der Waals surface area contributed by atoms with E-state index in [1.54, 1.807) is 0 Å². The van der Waals surface area contributed by atoms with E-state index >= 15 is 0 Å². The summed E-state index contributed by atoms with van der Waals surface area (Å²) in [6.45, 7) is 2.38. The molecule has 1 aliphatic heterocycles. The molecule has 1 aliphatic carbocycles. The largest absolute Gasteiger partial charge is 0.457 e. The zero-order valence-electron chi connectivity index (χ0n) is 17.6. The molecule has 31 heavy (non-hydrogen) atoms. The highest BCUT2D eigenvalue weighted by molar-refractivity contribution is 6.05. The Morgan fingerprint density at radius 2 is 1.58 bits per heavy atom. The van der Waals surface area contributed by atoms with Crippen LogP contribution < -0.4 is 10.1 Å². The van der Waals surface area contributed by atoms with Gasteiger partial charge in [0.05, 0.1) is 18.5 Å². The first kappa shape index (κ1) is 19.6. The van der Waals surface area contributed by atoms with Gasteiger partial charge in [-0.3, -0.25) is 14.5 Å². The number of anilines is 1. The van der Waals surface area contributed by atoms with Crippen molar-refractivity contribution in [2.45, 2.75) is 26.2 Å². The molecule has 2 aliphatic rings. The first-order valence-electron chi connectivity index (χ1n) is 10.9. The lowest BCUT2D eigenvalue weighted by atomic mass is 9.76. The van der Waals surface area contributed by atoms with Gasteiger partial charge < -0.3 is 10.1 Å². The van der Waals surface area contributed by atoms with Gasteiger partial charge in [-0.05, 0) is 72.4 Å². The molecule has 3 atom stereocenters. The molecule has 2 fully saturated rings. The molecule has 0 bridgehead atoms. The molecule has 158 valence electrons. The van der Waals surface area contributed by atoms with Gasteiger partial charge in [0.15, 0.2) is 0 Å². The smallest absolute Gasteiger partial charge is 0.234 e. The minimum Gasteiger partial charge on any atom is -0.457 e. The van der Waals surface area contributed by atoms with Gasteiger partial charge in [0, 0.05) is 5.69 Å². The first-order valence-corrected chi connectivity index (χ1v) is 10.9. The Hall–Kier alpha value is -3.34. The van der Waals surface area contributed by atoms with Crippen molar-refractivity contribution in [3.63, 3.8) is 0 Å². The fraction of sp³-hybridized carbons (Fsp3) is 0.308. The van der Waals surface area contributed by atoms with Crippen molar-refractivity contribution in [3.05, 3.63) is 66.7 Å². The average Bonchev–Trinajstić information content (AvgIpc) is 3.02. The van der Waals surface area contributed by atoms with Crippen molar-refractivity contribution in [3.8, 4) is 11.5 Å². The molecular weight excluding hydrogens is 388 g/mol. The number of hydrogen-bond donors (Lipinski definition) is 1. The summed E-state index contributed by atoms with van der Waals surface area (Å²) >= 11 is 0. The number of imide groups is 1. The molecule has 1 heterocycles. The molecule has 0 spiro atoms. The highest BCUT2D eigenvalue weighted by Gasteiger charge is 2.49. The molecule has 5 heteroatoms. The Labute approximate surface area is 182 Å². The van der Waals surface area contributed by atoms with Gasteiger partial charge in [-0.2, -0.15) is 0 Å². The van der Waals surface area contributed by atoms with Crippen LogP contribution in [0.2, 0.25) is 0 Å². The molecule has 2 amide bonds. The summed E-state index contributed by atoms with van der Waals surface area (Å²) in [6.07, 6.45) is 2.68. The predicted molar refractivity (Wildman–Crippen MR) is 121 cm³/mol. The normalized spacial score (nSPS) is 23.1. The monoisotopic (exact) mass is 414 g/mol. The third-order valence-electron chi connectivity index (χ3n) is 6.53. The molecule has 5 nitrogen and oxygen atoms in total. The Morgan fingerprint density at radius 1 is 0.871 bits per heavy atom. The van der Waals surface area contributed by atoms with Gasteiger partial charge in [0.1, 0.15) is 11.5 Å². The minimum absolute atomic E-state index is 0.0225. The predicted octanol–water partition coefficient (Wildman–Crippen LogP) is 5.42. The number of nitrogens with one attached hydrogen (secondary N) is 1.